The molecule has 0 saturated carbocycles. The minimum Gasteiger partial charge on any atom is -0.382 e. The van der Waals surface area contributed by atoms with E-state index in [1.807, 2.05) is 0 Å². The van der Waals surface area contributed by atoms with E-state index >= 15 is 0 Å². The summed E-state index contributed by atoms with van der Waals surface area (Å²) in [4.78, 5) is 35.7. The standard InChI is InChI=1S/C9H11N5O3/c1-4-8(16)11-7(15)3-14(4)9(17)5-2-6(10)13-12-5/h2,4H,3H2,1H3,(H3,10,12,13)(H,11,15,16). The fourth-order valence-corrected chi connectivity index (χ4v) is 1.56. The number of amides is 3. The molecule has 0 aromatic carbocycles. The molecule has 90 valence electrons. The Balaban J connectivity index is 2.24. The van der Waals surface area contributed by atoms with Crippen LogP contribution in [0.2, 0.25) is 0 Å². The summed E-state index contributed by atoms with van der Waals surface area (Å²) in [5, 5.41) is 8.21. The second kappa shape index (κ2) is 3.89. The average molecular weight is 237 g/mol. The lowest BCUT2D eigenvalue weighted by atomic mass is 10.2. The van der Waals surface area contributed by atoms with Gasteiger partial charge in [0.05, 0.1) is 0 Å². The summed E-state index contributed by atoms with van der Waals surface area (Å²) in [6, 6.07) is 0.649. The molecule has 1 aromatic heterocycles. The van der Waals surface area contributed by atoms with Crippen molar-refractivity contribution in [3.8, 4) is 0 Å². The van der Waals surface area contributed by atoms with Crippen molar-refractivity contribution in [2.75, 3.05) is 12.3 Å². The first kappa shape index (κ1) is 11.1. The Kier molecular flexibility index (Phi) is 2.54. The molecule has 1 atom stereocenters. The van der Waals surface area contributed by atoms with Crippen LogP contribution in [-0.2, 0) is 9.59 Å². The summed E-state index contributed by atoms with van der Waals surface area (Å²) in [6.45, 7) is 1.38. The highest BCUT2D eigenvalue weighted by Crippen LogP contribution is 2.11. The molecule has 0 spiro atoms. The van der Waals surface area contributed by atoms with E-state index in [-0.39, 0.29) is 18.1 Å². The predicted molar refractivity (Wildman–Crippen MR) is 56.6 cm³/mol. The van der Waals surface area contributed by atoms with Crippen molar-refractivity contribution >= 4 is 23.5 Å². The molecular formula is C9H11N5O3. The van der Waals surface area contributed by atoms with Gasteiger partial charge in [-0.05, 0) is 6.92 Å². The smallest absolute Gasteiger partial charge is 0.273 e. The number of aromatic nitrogens is 2. The molecule has 4 N–H and O–H groups in total. The van der Waals surface area contributed by atoms with Gasteiger partial charge in [0.25, 0.3) is 5.91 Å². The lowest BCUT2D eigenvalue weighted by molar-refractivity contribution is -0.138. The normalized spacial score (nSPS) is 20.3. The van der Waals surface area contributed by atoms with Crippen molar-refractivity contribution in [2.24, 2.45) is 0 Å². The molecule has 2 heterocycles. The third-order valence-corrected chi connectivity index (χ3v) is 2.51. The van der Waals surface area contributed by atoms with E-state index in [1.165, 1.54) is 6.07 Å². The molecule has 1 aliphatic heterocycles. The van der Waals surface area contributed by atoms with Crippen LogP contribution in [0.3, 0.4) is 0 Å². The maximum Gasteiger partial charge on any atom is 0.273 e. The highest BCUT2D eigenvalue weighted by molar-refractivity contribution is 6.06. The first-order valence-electron chi connectivity index (χ1n) is 4.94. The number of nitrogens with one attached hydrogen (secondary N) is 2. The molecule has 0 aliphatic carbocycles. The van der Waals surface area contributed by atoms with Crippen LogP contribution in [0.1, 0.15) is 17.4 Å². The second-order valence-corrected chi connectivity index (χ2v) is 3.73. The predicted octanol–water partition coefficient (Wildman–Crippen LogP) is -1.52. The number of imide groups is 1. The number of nitrogen functional groups attached to an aromatic ring is 1. The Morgan fingerprint density at radius 3 is 2.88 bits per heavy atom. The van der Waals surface area contributed by atoms with Gasteiger partial charge in [0.2, 0.25) is 11.8 Å². The zero-order valence-corrected chi connectivity index (χ0v) is 9.06. The number of carbonyl (C=O) groups excluding carboxylic acids is 3. The Morgan fingerprint density at radius 1 is 1.59 bits per heavy atom. The van der Waals surface area contributed by atoms with E-state index in [1.54, 1.807) is 6.92 Å². The fraction of sp³-hybridized carbons (Fsp3) is 0.333. The van der Waals surface area contributed by atoms with Crippen LogP contribution in [0, 0.1) is 0 Å². The third-order valence-electron chi connectivity index (χ3n) is 2.51. The Hall–Kier alpha value is -2.38. The number of carbonyl (C=O) groups is 3. The van der Waals surface area contributed by atoms with Crippen molar-refractivity contribution in [3.05, 3.63) is 11.8 Å². The van der Waals surface area contributed by atoms with Gasteiger partial charge in [-0.2, -0.15) is 5.10 Å². The van der Waals surface area contributed by atoms with E-state index in [9.17, 15) is 14.4 Å². The molecule has 0 radical (unpaired) electrons. The summed E-state index contributed by atoms with van der Waals surface area (Å²) in [6.07, 6.45) is 0. The number of H-pyrrole nitrogens is 1. The summed E-state index contributed by atoms with van der Waals surface area (Å²) in [7, 11) is 0. The van der Waals surface area contributed by atoms with Gasteiger partial charge in [-0.1, -0.05) is 0 Å². The summed E-state index contributed by atoms with van der Waals surface area (Å²) >= 11 is 0. The first-order valence-corrected chi connectivity index (χ1v) is 4.94. The molecule has 1 fully saturated rings. The van der Waals surface area contributed by atoms with Crippen LogP contribution < -0.4 is 11.1 Å². The van der Waals surface area contributed by atoms with Crippen LogP contribution >= 0.6 is 0 Å². The van der Waals surface area contributed by atoms with Crippen LogP contribution in [-0.4, -0.2) is 45.4 Å². The number of nitrogens with two attached hydrogens (primary N) is 1. The van der Waals surface area contributed by atoms with E-state index in [0.29, 0.717) is 0 Å². The van der Waals surface area contributed by atoms with E-state index in [0.717, 1.165) is 4.90 Å². The fourth-order valence-electron chi connectivity index (χ4n) is 1.56. The van der Waals surface area contributed by atoms with Gasteiger partial charge in [-0.15, -0.1) is 0 Å². The van der Waals surface area contributed by atoms with Gasteiger partial charge in [0, 0.05) is 6.07 Å². The number of anilines is 1. The van der Waals surface area contributed by atoms with Gasteiger partial charge in [-0.25, -0.2) is 0 Å². The Morgan fingerprint density at radius 2 is 2.29 bits per heavy atom. The van der Waals surface area contributed by atoms with Crippen LogP contribution in [0.5, 0.6) is 0 Å². The van der Waals surface area contributed by atoms with Crippen LogP contribution in [0.4, 0.5) is 5.82 Å². The molecule has 8 nitrogen and oxygen atoms in total. The minimum absolute atomic E-state index is 0.150. The van der Waals surface area contributed by atoms with Crippen LogP contribution in [0.15, 0.2) is 6.07 Å². The summed E-state index contributed by atoms with van der Waals surface area (Å²) < 4.78 is 0. The van der Waals surface area contributed by atoms with Crippen molar-refractivity contribution in [3.63, 3.8) is 0 Å². The van der Waals surface area contributed by atoms with Crippen molar-refractivity contribution in [1.29, 1.82) is 0 Å². The third kappa shape index (κ3) is 1.96. The second-order valence-electron chi connectivity index (χ2n) is 3.73. The van der Waals surface area contributed by atoms with Crippen LogP contribution in [0.25, 0.3) is 0 Å². The molecule has 3 amide bonds. The molecule has 17 heavy (non-hydrogen) atoms. The first-order chi connectivity index (χ1) is 7.99. The summed E-state index contributed by atoms with van der Waals surface area (Å²) in [5.41, 5.74) is 5.53. The molecule has 1 unspecified atom stereocenters. The highest BCUT2D eigenvalue weighted by atomic mass is 16.2. The molecule has 1 aliphatic rings. The zero-order chi connectivity index (χ0) is 12.6. The van der Waals surface area contributed by atoms with E-state index in [4.69, 9.17) is 5.73 Å². The number of piperazine rings is 1. The van der Waals surface area contributed by atoms with Crippen molar-refractivity contribution < 1.29 is 14.4 Å². The number of nitrogens with zero attached hydrogens (tertiary/aromatic N) is 2. The monoisotopic (exact) mass is 237 g/mol. The SMILES string of the molecule is CC1C(=O)NC(=O)CN1C(=O)c1cc(N)n[nH]1. The maximum absolute atomic E-state index is 12.0. The number of hydrogen-bond acceptors (Lipinski definition) is 5. The Labute approximate surface area is 96.1 Å². The van der Waals surface area contributed by atoms with Gasteiger partial charge >= 0.3 is 0 Å². The zero-order valence-electron chi connectivity index (χ0n) is 9.06. The van der Waals surface area contributed by atoms with Crippen molar-refractivity contribution in [1.82, 2.24) is 20.4 Å². The highest BCUT2D eigenvalue weighted by Gasteiger charge is 2.34. The molecule has 1 aromatic rings. The average Bonchev–Trinajstić information content (AvgIpc) is 2.69. The van der Waals surface area contributed by atoms with Crippen molar-refractivity contribution in [2.45, 2.75) is 13.0 Å². The number of aromatic amines is 1. The minimum atomic E-state index is -0.704. The van der Waals surface area contributed by atoms with E-state index in [2.05, 4.69) is 15.5 Å². The van der Waals surface area contributed by atoms with E-state index < -0.39 is 23.8 Å². The molecule has 8 heteroatoms. The number of rotatable bonds is 1. The molecule has 1 saturated heterocycles. The topological polar surface area (TPSA) is 121 Å². The number of hydrogen-bond donors (Lipinski definition) is 3. The quantitative estimate of drug-likeness (QED) is 0.512. The lowest BCUT2D eigenvalue weighted by Crippen LogP contribution is -2.58. The molecular weight excluding hydrogens is 226 g/mol. The molecule has 0 bridgehead atoms. The summed E-state index contributed by atoms with van der Waals surface area (Å²) in [5.74, 6) is -1.31. The lowest BCUT2D eigenvalue weighted by Gasteiger charge is -2.31. The van der Waals surface area contributed by atoms with Gasteiger partial charge < -0.3 is 10.6 Å². The van der Waals surface area contributed by atoms with Gasteiger partial charge in [-0.3, -0.25) is 24.8 Å². The van der Waals surface area contributed by atoms with Gasteiger partial charge in [0.1, 0.15) is 24.1 Å². The molecule has 2 rings (SSSR count). The maximum atomic E-state index is 12.0. The largest absolute Gasteiger partial charge is 0.382 e. The Bertz CT molecular complexity index is 495. The van der Waals surface area contributed by atoms with Gasteiger partial charge in [0.15, 0.2) is 0 Å².